The van der Waals surface area contributed by atoms with Crippen molar-refractivity contribution in [3.63, 3.8) is 0 Å². The average molecular weight is 359 g/mol. The van der Waals surface area contributed by atoms with Crippen molar-refractivity contribution < 1.29 is 19.1 Å². The predicted octanol–water partition coefficient (Wildman–Crippen LogP) is 2.81. The SMILES string of the molecule is CC(C)(C)OC(=O)N1CCN(c2ncc(C(O)c3ccccc3)o2)CC1. The number of carbonyl (C=O) groups is 1. The fraction of sp³-hybridized carbons (Fsp3) is 0.474. The molecule has 0 aliphatic carbocycles. The van der Waals surface area contributed by atoms with Gasteiger partial charge in [-0.15, -0.1) is 0 Å². The van der Waals surface area contributed by atoms with Crippen molar-refractivity contribution in [3.8, 4) is 0 Å². The second kappa shape index (κ2) is 7.37. The third-order valence-electron chi connectivity index (χ3n) is 4.10. The molecule has 1 aliphatic rings. The van der Waals surface area contributed by atoms with Crippen molar-refractivity contribution >= 4 is 12.1 Å². The van der Waals surface area contributed by atoms with Gasteiger partial charge in [-0.05, 0) is 26.3 Å². The van der Waals surface area contributed by atoms with Gasteiger partial charge in [0.1, 0.15) is 11.7 Å². The highest BCUT2D eigenvalue weighted by atomic mass is 16.6. The highest BCUT2D eigenvalue weighted by Gasteiger charge is 2.28. The van der Waals surface area contributed by atoms with E-state index in [0.717, 1.165) is 5.56 Å². The van der Waals surface area contributed by atoms with E-state index in [-0.39, 0.29) is 6.09 Å². The van der Waals surface area contributed by atoms with Gasteiger partial charge in [0.05, 0.1) is 6.20 Å². The van der Waals surface area contributed by atoms with Crippen molar-refractivity contribution in [2.24, 2.45) is 0 Å². The Morgan fingerprint density at radius 3 is 2.46 bits per heavy atom. The number of aliphatic hydroxyl groups excluding tert-OH is 1. The fourth-order valence-corrected chi connectivity index (χ4v) is 2.76. The summed E-state index contributed by atoms with van der Waals surface area (Å²) >= 11 is 0. The quantitative estimate of drug-likeness (QED) is 0.908. The number of aromatic nitrogens is 1. The van der Waals surface area contributed by atoms with Crippen molar-refractivity contribution in [1.29, 1.82) is 0 Å². The smallest absolute Gasteiger partial charge is 0.410 e. The molecule has 2 aromatic rings. The van der Waals surface area contributed by atoms with Gasteiger partial charge in [0.15, 0.2) is 5.76 Å². The molecular weight excluding hydrogens is 334 g/mol. The van der Waals surface area contributed by atoms with Crippen LogP contribution in [-0.2, 0) is 4.74 Å². The molecule has 0 bridgehead atoms. The van der Waals surface area contributed by atoms with E-state index in [2.05, 4.69) is 4.98 Å². The predicted molar refractivity (Wildman–Crippen MR) is 97.0 cm³/mol. The summed E-state index contributed by atoms with van der Waals surface area (Å²) in [6.45, 7) is 7.83. The number of benzene rings is 1. The van der Waals surface area contributed by atoms with E-state index in [1.54, 1.807) is 11.1 Å². The highest BCUT2D eigenvalue weighted by Crippen LogP contribution is 2.26. The molecule has 1 aromatic carbocycles. The summed E-state index contributed by atoms with van der Waals surface area (Å²) in [5, 5.41) is 10.4. The second-order valence-electron chi connectivity index (χ2n) is 7.31. The Bertz CT molecular complexity index is 731. The van der Waals surface area contributed by atoms with E-state index in [0.29, 0.717) is 38.0 Å². The van der Waals surface area contributed by atoms with Crippen LogP contribution in [0.15, 0.2) is 40.9 Å². The maximum absolute atomic E-state index is 12.1. The Balaban J connectivity index is 1.59. The van der Waals surface area contributed by atoms with Crippen molar-refractivity contribution in [2.75, 3.05) is 31.1 Å². The van der Waals surface area contributed by atoms with Crippen LogP contribution < -0.4 is 4.90 Å². The molecule has 0 spiro atoms. The first kappa shape index (κ1) is 18.3. The van der Waals surface area contributed by atoms with Crippen LogP contribution in [0.3, 0.4) is 0 Å². The first-order valence-corrected chi connectivity index (χ1v) is 8.75. The molecule has 1 aliphatic heterocycles. The molecule has 7 nitrogen and oxygen atoms in total. The lowest BCUT2D eigenvalue weighted by atomic mass is 10.1. The summed E-state index contributed by atoms with van der Waals surface area (Å²) in [6, 6.07) is 9.77. The van der Waals surface area contributed by atoms with Gasteiger partial charge in [-0.1, -0.05) is 30.3 Å². The van der Waals surface area contributed by atoms with Crippen molar-refractivity contribution in [2.45, 2.75) is 32.5 Å². The standard InChI is InChI=1S/C19H25N3O4/c1-19(2,3)26-18(24)22-11-9-21(10-12-22)17-20-13-15(25-17)16(23)14-7-5-4-6-8-14/h4-8,13,16,23H,9-12H2,1-3H3. The van der Waals surface area contributed by atoms with Crippen molar-refractivity contribution in [3.05, 3.63) is 47.9 Å². The number of aliphatic hydroxyl groups is 1. The summed E-state index contributed by atoms with van der Waals surface area (Å²) in [7, 11) is 0. The average Bonchev–Trinajstić information content (AvgIpc) is 3.10. The topological polar surface area (TPSA) is 79.0 Å². The maximum atomic E-state index is 12.1. The Hall–Kier alpha value is -2.54. The van der Waals surface area contributed by atoms with Gasteiger partial charge in [0.2, 0.25) is 0 Å². The molecule has 2 heterocycles. The zero-order valence-corrected chi connectivity index (χ0v) is 15.4. The Labute approximate surface area is 153 Å². The number of piperazine rings is 1. The Morgan fingerprint density at radius 1 is 1.19 bits per heavy atom. The summed E-state index contributed by atoms with van der Waals surface area (Å²) in [5.74, 6) is 0.403. The number of amides is 1. The van der Waals surface area contributed by atoms with Gasteiger partial charge in [0, 0.05) is 26.2 Å². The lowest BCUT2D eigenvalue weighted by Gasteiger charge is -2.34. The van der Waals surface area contributed by atoms with Crippen LogP contribution in [0.25, 0.3) is 0 Å². The molecule has 1 N–H and O–H groups in total. The molecule has 0 saturated carbocycles. The summed E-state index contributed by atoms with van der Waals surface area (Å²) in [5.41, 5.74) is 0.254. The number of anilines is 1. The van der Waals surface area contributed by atoms with Gasteiger partial charge in [-0.25, -0.2) is 9.78 Å². The van der Waals surface area contributed by atoms with Crippen LogP contribution in [0, 0.1) is 0 Å². The van der Waals surface area contributed by atoms with E-state index in [9.17, 15) is 9.90 Å². The van der Waals surface area contributed by atoms with Gasteiger partial charge < -0.3 is 24.1 Å². The number of nitrogens with zero attached hydrogens (tertiary/aromatic N) is 3. The van der Waals surface area contributed by atoms with E-state index >= 15 is 0 Å². The van der Waals surface area contributed by atoms with Crippen LogP contribution in [0.1, 0.15) is 38.2 Å². The van der Waals surface area contributed by atoms with Crippen LogP contribution in [0.2, 0.25) is 0 Å². The maximum Gasteiger partial charge on any atom is 0.410 e. The molecule has 1 saturated heterocycles. The minimum atomic E-state index is -0.847. The first-order valence-electron chi connectivity index (χ1n) is 8.75. The minimum Gasteiger partial charge on any atom is -0.444 e. The number of carbonyl (C=O) groups excluding carboxylic acids is 1. The van der Waals surface area contributed by atoms with Gasteiger partial charge in [-0.2, -0.15) is 0 Å². The number of ether oxygens (including phenoxy) is 1. The zero-order chi connectivity index (χ0) is 18.7. The van der Waals surface area contributed by atoms with Crippen molar-refractivity contribution in [1.82, 2.24) is 9.88 Å². The summed E-state index contributed by atoms with van der Waals surface area (Å²) < 4.78 is 11.1. The molecule has 1 fully saturated rings. The zero-order valence-electron chi connectivity index (χ0n) is 15.4. The van der Waals surface area contributed by atoms with Gasteiger partial charge in [0.25, 0.3) is 6.01 Å². The normalized spacial score (nSPS) is 16.5. The van der Waals surface area contributed by atoms with E-state index < -0.39 is 11.7 Å². The molecule has 1 atom stereocenters. The molecule has 1 unspecified atom stereocenters. The van der Waals surface area contributed by atoms with Crippen LogP contribution >= 0.6 is 0 Å². The van der Waals surface area contributed by atoms with Crippen LogP contribution in [0.5, 0.6) is 0 Å². The fourth-order valence-electron chi connectivity index (χ4n) is 2.76. The Kier molecular flexibility index (Phi) is 5.18. The number of oxazole rings is 1. The summed E-state index contributed by atoms with van der Waals surface area (Å²) in [4.78, 5) is 20.0. The third kappa shape index (κ3) is 4.35. The second-order valence-corrected chi connectivity index (χ2v) is 7.31. The molecule has 1 amide bonds. The molecular formula is C19H25N3O4. The number of hydrogen-bond acceptors (Lipinski definition) is 6. The lowest BCUT2D eigenvalue weighted by molar-refractivity contribution is 0.0239. The minimum absolute atomic E-state index is 0.301. The van der Waals surface area contributed by atoms with E-state index in [1.807, 2.05) is 56.0 Å². The monoisotopic (exact) mass is 359 g/mol. The third-order valence-corrected chi connectivity index (χ3v) is 4.10. The molecule has 1 aromatic heterocycles. The number of rotatable bonds is 3. The van der Waals surface area contributed by atoms with Crippen LogP contribution in [0.4, 0.5) is 10.8 Å². The van der Waals surface area contributed by atoms with E-state index in [1.165, 1.54) is 0 Å². The highest BCUT2D eigenvalue weighted by molar-refractivity contribution is 5.68. The largest absolute Gasteiger partial charge is 0.444 e. The summed E-state index contributed by atoms with van der Waals surface area (Å²) in [6.07, 6.45) is 0.401. The van der Waals surface area contributed by atoms with Gasteiger partial charge >= 0.3 is 6.09 Å². The lowest BCUT2D eigenvalue weighted by Crippen LogP contribution is -2.50. The first-order chi connectivity index (χ1) is 12.3. The molecule has 0 radical (unpaired) electrons. The molecule has 140 valence electrons. The Morgan fingerprint density at radius 2 is 1.85 bits per heavy atom. The van der Waals surface area contributed by atoms with E-state index in [4.69, 9.17) is 9.15 Å². The molecule has 3 rings (SSSR count). The van der Waals surface area contributed by atoms with Crippen LogP contribution in [-0.4, -0.2) is 52.9 Å². The molecule has 7 heteroatoms. The van der Waals surface area contributed by atoms with Gasteiger partial charge in [-0.3, -0.25) is 0 Å². The number of hydrogen-bond donors (Lipinski definition) is 1. The molecule has 26 heavy (non-hydrogen) atoms.